The number of nitrogens with one attached hydrogen (secondary N) is 1. The van der Waals surface area contributed by atoms with Gasteiger partial charge in [-0.2, -0.15) is 0 Å². The van der Waals surface area contributed by atoms with Crippen LogP contribution in [-0.2, 0) is 9.53 Å². The summed E-state index contributed by atoms with van der Waals surface area (Å²) >= 11 is 3.44. The van der Waals surface area contributed by atoms with Gasteiger partial charge in [0.15, 0.2) is 0 Å². The van der Waals surface area contributed by atoms with E-state index in [0.717, 1.165) is 16.5 Å². The van der Waals surface area contributed by atoms with E-state index in [9.17, 15) is 9.59 Å². The molecule has 1 fully saturated rings. The summed E-state index contributed by atoms with van der Waals surface area (Å²) in [5, 5.41) is 3.00. The van der Waals surface area contributed by atoms with Crippen LogP contribution in [0.3, 0.4) is 0 Å². The topological polar surface area (TPSA) is 58.6 Å². The van der Waals surface area contributed by atoms with Gasteiger partial charge in [-0.05, 0) is 58.2 Å². The SMILES string of the molecule is CC(NC(=O)C1CCCN1C(=O)OC(C)(C)C)c1cccc(Br)c1. The molecule has 6 heteroatoms. The van der Waals surface area contributed by atoms with Gasteiger partial charge in [-0.15, -0.1) is 0 Å². The molecule has 2 unspecified atom stereocenters. The minimum Gasteiger partial charge on any atom is -0.444 e. The van der Waals surface area contributed by atoms with Crippen molar-refractivity contribution in [1.82, 2.24) is 10.2 Å². The zero-order chi connectivity index (χ0) is 17.9. The number of hydrogen-bond acceptors (Lipinski definition) is 3. The smallest absolute Gasteiger partial charge is 0.410 e. The summed E-state index contributed by atoms with van der Waals surface area (Å²) in [7, 11) is 0. The summed E-state index contributed by atoms with van der Waals surface area (Å²) < 4.78 is 6.38. The quantitative estimate of drug-likeness (QED) is 0.838. The van der Waals surface area contributed by atoms with Gasteiger partial charge in [0.2, 0.25) is 5.91 Å². The predicted octanol–water partition coefficient (Wildman–Crippen LogP) is 4.03. The Balaban J connectivity index is 2.01. The summed E-state index contributed by atoms with van der Waals surface area (Å²) in [6.07, 6.45) is 1.05. The number of halogens is 1. The lowest BCUT2D eigenvalue weighted by molar-refractivity contribution is -0.126. The minimum atomic E-state index is -0.565. The Morgan fingerprint density at radius 3 is 2.71 bits per heavy atom. The lowest BCUT2D eigenvalue weighted by Gasteiger charge is -2.28. The molecule has 2 amide bonds. The molecule has 1 saturated heterocycles. The van der Waals surface area contributed by atoms with E-state index in [1.165, 1.54) is 4.90 Å². The van der Waals surface area contributed by atoms with Crippen molar-refractivity contribution in [3.63, 3.8) is 0 Å². The summed E-state index contributed by atoms with van der Waals surface area (Å²) in [4.78, 5) is 26.5. The summed E-state index contributed by atoms with van der Waals surface area (Å²) in [5.74, 6) is -0.133. The van der Waals surface area contributed by atoms with E-state index < -0.39 is 17.7 Å². The Morgan fingerprint density at radius 2 is 2.08 bits per heavy atom. The van der Waals surface area contributed by atoms with Crippen molar-refractivity contribution >= 4 is 27.9 Å². The maximum Gasteiger partial charge on any atom is 0.410 e. The molecule has 0 bridgehead atoms. The highest BCUT2D eigenvalue weighted by Crippen LogP contribution is 2.23. The van der Waals surface area contributed by atoms with Gasteiger partial charge in [-0.3, -0.25) is 9.69 Å². The van der Waals surface area contributed by atoms with Gasteiger partial charge in [-0.25, -0.2) is 4.79 Å². The number of carbonyl (C=O) groups excluding carboxylic acids is 2. The lowest BCUT2D eigenvalue weighted by Crippen LogP contribution is -2.48. The molecule has 132 valence electrons. The molecular weight excluding hydrogens is 372 g/mol. The first-order valence-electron chi connectivity index (χ1n) is 8.23. The standard InChI is InChI=1S/C18H25BrN2O3/c1-12(13-7-5-8-14(19)11-13)20-16(22)15-9-6-10-21(15)17(23)24-18(2,3)4/h5,7-8,11-12,15H,6,9-10H2,1-4H3,(H,20,22). The molecule has 0 radical (unpaired) electrons. The fourth-order valence-electron chi connectivity index (χ4n) is 2.75. The van der Waals surface area contributed by atoms with Crippen molar-refractivity contribution in [2.75, 3.05) is 6.54 Å². The monoisotopic (exact) mass is 396 g/mol. The second-order valence-corrected chi connectivity index (χ2v) is 8.03. The first kappa shape index (κ1) is 18.8. The van der Waals surface area contributed by atoms with E-state index in [4.69, 9.17) is 4.74 Å². The Morgan fingerprint density at radius 1 is 1.38 bits per heavy atom. The largest absolute Gasteiger partial charge is 0.444 e. The number of ether oxygens (including phenoxy) is 1. The van der Waals surface area contributed by atoms with Gasteiger partial charge in [0.25, 0.3) is 0 Å². The van der Waals surface area contributed by atoms with Crippen LogP contribution in [0.1, 0.15) is 52.1 Å². The van der Waals surface area contributed by atoms with Crippen LogP contribution in [0.15, 0.2) is 28.7 Å². The minimum absolute atomic E-state index is 0.129. The van der Waals surface area contributed by atoms with Gasteiger partial charge in [0.05, 0.1) is 6.04 Å². The van der Waals surface area contributed by atoms with Crippen LogP contribution in [0, 0.1) is 0 Å². The van der Waals surface area contributed by atoms with Crippen molar-refractivity contribution in [3.05, 3.63) is 34.3 Å². The Hall–Kier alpha value is -1.56. The van der Waals surface area contributed by atoms with Crippen LogP contribution in [-0.4, -0.2) is 35.1 Å². The predicted molar refractivity (Wildman–Crippen MR) is 96.7 cm³/mol. The number of benzene rings is 1. The van der Waals surface area contributed by atoms with Crippen LogP contribution >= 0.6 is 15.9 Å². The molecule has 24 heavy (non-hydrogen) atoms. The molecule has 2 atom stereocenters. The third-order valence-electron chi connectivity index (χ3n) is 3.89. The second-order valence-electron chi connectivity index (χ2n) is 7.12. The maximum atomic E-state index is 12.6. The summed E-state index contributed by atoms with van der Waals surface area (Å²) in [6, 6.07) is 7.23. The van der Waals surface area contributed by atoms with Crippen LogP contribution in [0.5, 0.6) is 0 Å². The van der Waals surface area contributed by atoms with Crippen molar-refractivity contribution < 1.29 is 14.3 Å². The number of likely N-dealkylation sites (tertiary alicyclic amines) is 1. The van der Waals surface area contributed by atoms with E-state index >= 15 is 0 Å². The third kappa shape index (κ3) is 4.97. The molecular formula is C18H25BrN2O3. The van der Waals surface area contributed by atoms with Crippen LogP contribution in [0.2, 0.25) is 0 Å². The van der Waals surface area contributed by atoms with E-state index in [-0.39, 0.29) is 11.9 Å². The lowest BCUT2D eigenvalue weighted by atomic mass is 10.1. The van der Waals surface area contributed by atoms with Crippen molar-refractivity contribution in [3.8, 4) is 0 Å². The van der Waals surface area contributed by atoms with Crippen LogP contribution in [0.4, 0.5) is 4.79 Å². The molecule has 1 N–H and O–H groups in total. The molecule has 1 aliphatic heterocycles. The van der Waals surface area contributed by atoms with Crippen molar-refractivity contribution in [2.24, 2.45) is 0 Å². The van der Waals surface area contributed by atoms with Gasteiger partial charge in [0, 0.05) is 11.0 Å². The Kier molecular flexibility index (Phi) is 5.91. The van der Waals surface area contributed by atoms with E-state index in [1.54, 1.807) is 0 Å². The fourth-order valence-corrected chi connectivity index (χ4v) is 3.16. The van der Waals surface area contributed by atoms with Crippen LogP contribution in [0.25, 0.3) is 0 Å². The molecule has 0 saturated carbocycles. The number of carbonyl (C=O) groups is 2. The zero-order valence-electron chi connectivity index (χ0n) is 14.6. The molecule has 2 rings (SSSR count). The summed E-state index contributed by atoms with van der Waals surface area (Å²) in [5.41, 5.74) is 0.448. The molecule has 1 aromatic carbocycles. The molecule has 1 aliphatic rings. The average molecular weight is 397 g/mol. The second kappa shape index (κ2) is 7.55. The molecule has 1 heterocycles. The fraction of sp³-hybridized carbons (Fsp3) is 0.556. The van der Waals surface area contributed by atoms with E-state index in [0.29, 0.717) is 13.0 Å². The number of hydrogen-bond donors (Lipinski definition) is 1. The first-order valence-corrected chi connectivity index (χ1v) is 9.02. The molecule has 0 aliphatic carbocycles. The highest BCUT2D eigenvalue weighted by molar-refractivity contribution is 9.10. The average Bonchev–Trinajstić information content (AvgIpc) is 2.95. The highest BCUT2D eigenvalue weighted by Gasteiger charge is 2.36. The van der Waals surface area contributed by atoms with Crippen molar-refractivity contribution in [2.45, 2.75) is 58.2 Å². The normalized spacial score (nSPS) is 19.0. The highest BCUT2D eigenvalue weighted by atomic mass is 79.9. The number of rotatable bonds is 3. The number of nitrogens with zero attached hydrogens (tertiary/aromatic N) is 1. The van der Waals surface area contributed by atoms with E-state index in [1.807, 2.05) is 52.0 Å². The molecule has 0 aromatic heterocycles. The van der Waals surface area contributed by atoms with Gasteiger partial charge in [0.1, 0.15) is 11.6 Å². The molecule has 1 aromatic rings. The van der Waals surface area contributed by atoms with Gasteiger partial charge < -0.3 is 10.1 Å². The number of amides is 2. The Labute approximate surface area is 151 Å². The summed E-state index contributed by atoms with van der Waals surface area (Å²) in [6.45, 7) is 7.97. The van der Waals surface area contributed by atoms with Gasteiger partial charge in [-0.1, -0.05) is 28.1 Å². The van der Waals surface area contributed by atoms with E-state index in [2.05, 4.69) is 21.2 Å². The molecule has 0 spiro atoms. The van der Waals surface area contributed by atoms with Gasteiger partial charge >= 0.3 is 6.09 Å². The Bertz CT molecular complexity index is 613. The molecule has 5 nitrogen and oxygen atoms in total. The van der Waals surface area contributed by atoms with Crippen molar-refractivity contribution in [1.29, 1.82) is 0 Å². The van der Waals surface area contributed by atoms with Crippen LogP contribution < -0.4 is 5.32 Å². The zero-order valence-corrected chi connectivity index (χ0v) is 16.2. The maximum absolute atomic E-state index is 12.6. The third-order valence-corrected chi connectivity index (χ3v) is 4.38. The first-order chi connectivity index (χ1) is 11.2.